The van der Waals surface area contributed by atoms with Crippen LogP contribution in [-0.4, -0.2) is 41.5 Å². The van der Waals surface area contributed by atoms with Crippen molar-refractivity contribution in [2.45, 2.75) is 58.1 Å². The minimum absolute atomic E-state index is 0.0592. The number of amides is 1. The molecule has 100 valence electrons. The highest BCUT2D eigenvalue weighted by atomic mass is 16.6. The number of nitrogens with one attached hydrogen (secondary N) is 1. The maximum Gasteiger partial charge on any atom is 0.422 e. The Morgan fingerprint density at radius 1 is 1.59 bits per heavy atom. The molecule has 5 nitrogen and oxygen atoms in total. The predicted molar refractivity (Wildman–Crippen MR) is 65.4 cm³/mol. The second-order valence-electron chi connectivity index (χ2n) is 4.59. The van der Waals surface area contributed by atoms with Gasteiger partial charge in [-0.25, -0.2) is 9.80 Å². The Hall–Kier alpha value is -0.810. The average Bonchev–Trinajstić information content (AvgIpc) is 2.31. The lowest BCUT2D eigenvalue weighted by Gasteiger charge is -2.35. The van der Waals surface area contributed by atoms with Crippen molar-refractivity contribution in [1.82, 2.24) is 10.4 Å². The Labute approximate surface area is 103 Å². The van der Waals surface area contributed by atoms with Gasteiger partial charge < -0.3 is 9.84 Å². The lowest BCUT2D eigenvalue weighted by molar-refractivity contribution is 0.0382. The van der Waals surface area contributed by atoms with E-state index in [2.05, 4.69) is 5.43 Å². The van der Waals surface area contributed by atoms with E-state index in [9.17, 15) is 4.79 Å². The molecule has 2 atom stereocenters. The van der Waals surface area contributed by atoms with Gasteiger partial charge in [-0.2, -0.15) is 0 Å². The normalized spacial score (nSPS) is 23.1. The Balaban J connectivity index is 2.38. The van der Waals surface area contributed by atoms with Gasteiger partial charge >= 0.3 is 6.09 Å². The van der Waals surface area contributed by atoms with Crippen LogP contribution in [0, 0.1) is 0 Å². The maximum atomic E-state index is 11.6. The summed E-state index contributed by atoms with van der Waals surface area (Å²) in [5, 5.41) is 10.9. The average molecular weight is 244 g/mol. The fourth-order valence-corrected chi connectivity index (χ4v) is 2.01. The molecule has 1 aliphatic heterocycles. The minimum Gasteiger partial charge on any atom is -0.446 e. The number of piperidine rings is 1. The van der Waals surface area contributed by atoms with Gasteiger partial charge in [0.2, 0.25) is 0 Å². The topological polar surface area (TPSA) is 61.8 Å². The zero-order valence-electron chi connectivity index (χ0n) is 10.8. The first-order chi connectivity index (χ1) is 8.17. The van der Waals surface area contributed by atoms with E-state index >= 15 is 0 Å². The lowest BCUT2D eigenvalue weighted by Crippen LogP contribution is -2.51. The molecule has 1 aliphatic rings. The quantitative estimate of drug-likeness (QED) is 0.772. The highest BCUT2D eigenvalue weighted by molar-refractivity contribution is 5.66. The van der Waals surface area contributed by atoms with Crippen molar-refractivity contribution < 1.29 is 14.6 Å². The van der Waals surface area contributed by atoms with Crippen LogP contribution in [0.3, 0.4) is 0 Å². The van der Waals surface area contributed by atoms with Crippen molar-refractivity contribution in [3.05, 3.63) is 0 Å². The molecule has 2 N–H and O–H groups in total. The molecule has 5 heteroatoms. The van der Waals surface area contributed by atoms with Crippen LogP contribution in [-0.2, 0) is 4.74 Å². The highest BCUT2D eigenvalue weighted by Crippen LogP contribution is 2.17. The lowest BCUT2D eigenvalue weighted by atomic mass is 10.0. The summed E-state index contributed by atoms with van der Waals surface area (Å²) in [7, 11) is 0. The third-order valence-electron chi connectivity index (χ3n) is 3.21. The molecule has 0 aromatic heterocycles. The molecule has 0 spiro atoms. The van der Waals surface area contributed by atoms with E-state index in [1.807, 2.05) is 18.9 Å². The molecular formula is C12H24N2O3. The molecule has 17 heavy (non-hydrogen) atoms. The molecular weight excluding hydrogens is 220 g/mol. The van der Waals surface area contributed by atoms with Gasteiger partial charge in [-0.05, 0) is 32.6 Å². The summed E-state index contributed by atoms with van der Waals surface area (Å²) in [6.45, 7) is 4.85. The van der Waals surface area contributed by atoms with Crippen LogP contribution in [0.25, 0.3) is 0 Å². The summed E-state index contributed by atoms with van der Waals surface area (Å²) in [6.07, 6.45) is 4.32. The first kappa shape index (κ1) is 14.3. The van der Waals surface area contributed by atoms with Gasteiger partial charge in [0.15, 0.2) is 0 Å². The number of hydrogen-bond donors (Lipinski definition) is 2. The van der Waals surface area contributed by atoms with E-state index in [1.54, 1.807) is 0 Å². The van der Waals surface area contributed by atoms with E-state index in [0.29, 0.717) is 6.42 Å². The molecule has 0 saturated carbocycles. The van der Waals surface area contributed by atoms with Crippen molar-refractivity contribution in [1.29, 1.82) is 0 Å². The molecule has 1 fully saturated rings. The van der Waals surface area contributed by atoms with Crippen molar-refractivity contribution in [2.75, 3.05) is 13.2 Å². The van der Waals surface area contributed by atoms with Crippen LogP contribution in [0.5, 0.6) is 0 Å². The Morgan fingerprint density at radius 3 is 3.00 bits per heavy atom. The number of ether oxygens (including phenoxy) is 1. The summed E-state index contributed by atoms with van der Waals surface area (Å²) < 4.78 is 5.17. The summed E-state index contributed by atoms with van der Waals surface area (Å²) in [5.74, 6) is 0. The predicted octanol–water partition coefficient (Wildman–Crippen LogP) is 1.66. The van der Waals surface area contributed by atoms with E-state index in [0.717, 1.165) is 32.2 Å². The van der Waals surface area contributed by atoms with Gasteiger partial charge in [0.1, 0.15) is 6.10 Å². The number of aliphatic hydroxyl groups excluding tert-OH is 1. The molecule has 1 amide bonds. The standard InChI is InChI=1S/C12H24N2O3/c1-3-10(2)17-12(16)13-14-8-5-4-6-11(14)7-9-15/h10-11,15H,3-9H2,1-2H3,(H,13,16). The fourth-order valence-electron chi connectivity index (χ4n) is 2.01. The second kappa shape index (κ2) is 7.50. The van der Waals surface area contributed by atoms with Crippen LogP contribution in [0.4, 0.5) is 4.79 Å². The van der Waals surface area contributed by atoms with E-state index in [4.69, 9.17) is 9.84 Å². The van der Waals surface area contributed by atoms with Gasteiger partial charge in [0, 0.05) is 19.2 Å². The van der Waals surface area contributed by atoms with Crippen molar-refractivity contribution in [3.8, 4) is 0 Å². The molecule has 1 saturated heterocycles. The van der Waals surface area contributed by atoms with Crippen LogP contribution in [0.1, 0.15) is 46.0 Å². The Morgan fingerprint density at radius 2 is 2.35 bits per heavy atom. The van der Waals surface area contributed by atoms with Crippen LogP contribution in [0.2, 0.25) is 0 Å². The van der Waals surface area contributed by atoms with Crippen molar-refractivity contribution in [2.24, 2.45) is 0 Å². The number of rotatable bonds is 5. The number of carbonyl (C=O) groups is 1. The van der Waals surface area contributed by atoms with Gasteiger partial charge in [-0.3, -0.25) is 5.43 Å². The summed E-state index contributed by atoms with van der Waals surface area (Å²) in [6, 6.07) is 0.234. The van der Waals surface area contributed by atoms with Gasteiger partial charge in [-0.1, -0.05) is 13.3 Å². The SMILES string of the molecule is CCC(C)OC(=O)NN1CCCCC1CCO. The van der Waals surface area contributed by atoms with Crippen molar-refractivity contribution in [3.63, 3.8) is 0 Å². The summed E-state index contributed by atoms with van der Waals surface area (Å²) in [4.78, 5) is 11.6. The number of nitrogens with zero attached hydrogens (tertiary/aromatic N) is 1. The largest absolute Gasteiger partial charge is 0.446 e. The van der Waals surface area contributed by atoms with Gasteiger partial charge in [0.05, 0.1) is 0 Å². The number of hydrogen-bond acceptors (Lipinski definition) is 4. The molecule has 0 aromatic carbocycles. The Bertz CT molecular complexity index is 234. The van der Waals surface area contributed by atoms with Gasteiger partial charge in [-0.15, -0.1) is 0 Å². The zero-order chi connectivity index (χ0) is 12.7. The van der Waals surface area contributed by atoms with Crippen molar-refractivity contribution >= 4 is 6.09 Å². The number of carbonyl (C=O) groups excluding carboxylic acids is 1. The van der Waals surface area contributed by atoms with Crippen LogP contribution in [0.15, 0.2) is 0 Å². The first-order valence-electron chi connectivity index (χ1n) is 6.52. The maximum absolute atomic E-state index is 11.6. The van der Waals surface area contributed by atoms with Crippen LogP contribution >= 0.6 is 0 Å². The summed E-state index contributed by atoms with van der Waals surface area (Å²) in [5.41, 5.74) is 2.78. The molecule has 0 bridgehead atoms. The fraction of sp³-hybridized carbons (Fsp3) is 0.917. The summed E-state index contributed by atoms with van der Waals surface area (Å²) >= 11 is 0. The molecule has 1 rings (SSSR count). The van der Waals surface area contributed by atoms with Gasteiger partial charge in [0.25, 0.3) is 0 Å². The third kappa shape index (κ3) is 4.91. The molecule has 1 heterocycles. The molecule has 0 aromatic rings. The highest BCUT2D eigenvalue weighted by Gasteiger charge is 2.24. The Kier molecular flexibility index (Phi) is 6.29. The van der Waals surface area contributed by atoms with E-state index in [1.165, 1.54) is 0 Å². The monoisotopic (exact) mass is 244 g/mol. The zero-order valence-corrected chi connectivity index (χ0v) is 10.8. The number of hydrazine groups is 1. The third-order valence-corrected chi connectivity index (χ3v) is 3.21. The second-order valence-corrected chi connectivity index (χ2v) is 4.59. The first-order valence-corrected chi connectivity index (χ1v) is 6.52. The van der Waals surface area contributed by atoms with Crippen LogP contribution < -0.4 is 5.43 Å². The molecule has 0 aliphatic carbocycles. The molecule has 2 unspecified atom stereocenters. The van der Waals surface area contributed by atoms with E-state index < -0.39 is 0 Å². The number of aliphatic hydroxyl groups is 1. The smallest absolute Gasteiger partial charge is 0.422 e. The minimum atomic E-state index is -0.385. The van der Waals surface area contributed by atoms with E-state index in [-0.39, 0.29) is 24.8 Å². The molecule has 0 radical (unpaired) electrons.